The third-order valence-electron chi connectivity index (χ3n) is 4.01. The van der Waals surface area contributed by atoms with Crippen LogP contribution in [0.5, 0.6) is 0 Å². The average Bonchev–Trinajstić information content (AvgIpc) is 2.90. The number of rotatable bonds is 1. The molecule has 0 aliphatic carbocycles. The highest BCUT2D eigenvalue weighted by atomic mass is 16.4. The van der Waals surface area contributed by atoms with Crippen LogP contribution in [0.1, 0.15) is 37.1 Å². The van der Waals surface area contributed by atoms with E-state index in [1.165, 1.54) is 4.90 Å². The summed E-state index contributed by atoms with van der Waals surface area (Å²) in [5.74, 6) is 0.522. The number of carbonyl (C=O) groups is 1. The van der Waals surface area contributed by atoms with Crippen molar-refractivity contribution in [3.63, 3.8) is 0 Å². The highest BCUT2D eigenvalue weighted by Crippen LogP contribution is 2.31. The Morgan fingerprint density at radius 2 is 2.33 bits per heavy atom. The fourth-order valence-corrected chi connectivity index (χ4v) is 2.76. The summed E-state index contributed by atoms with van der Waals surface area (Å²) in [6, 6.07) is 7.18. The van der Waals surface area contributed by atoms with Crippen LogP contribution in [-0.4, -0.2) is 33.7 Å². The van der Waals surface area contributed by atoms with Crippen molar-refractivity contribution in [2.45, 2.75) is 31.7 Å². The number of aromatic nitrogens is 1. The van der Waals surface area contributed by atoms with Crippen LogP contribution in [0.15, 0.2) is 22.6 Å². The van der Waals surface area contributed by atoms with Crippen LogP contribution in [0.25, 0.3) is 11.1 Å². The maximum Gasteiger partial charge on any atom is 0.407 e. The van der Waals surface area contributed by atoms with E-state index < -0.39 is 6.09 Å². The van der Waals surface area contributed by atoms with E-state index in [9.17, 15) is 9.90 Å². The van der Waals surface area contributed by atoms with Crippen molar-refractivity contribution < 1.29 is 14.3 Å². The van der Waals surface area contributed by atoms with Gasteiger partial charge in [-0.25, -0.2) is 9.78 Å². The topological polar surface area (TPSA) is 90.4 Å². The number of hydrogen-bond acceptors (Lipinski definition) is 4. The summed E-state index contributed by atoms with van der Waals surface area (Å²) in [4.78, 5) is 17.1. The SMILES string of the molecule is C[C@@H]1CC[C@@H](c2nc3cc(C#N)ccc3o2)CN1C(=O)O. The predicted octanol–water partition coefficient (Wildman–Crippen LogP) is 2.95. The Bertz CT molecular complexity index is 731. The molecule has 108 valence electrons. The minimum atomic E-state index is -0.907. The van der Waals surface area contributed by atoms with Crippen molar-refractivity contribution in [3.05, 3.63) is 29.7 Å². The van der Waals surface area contributed by atoms with Gasteiger partial charge in [0, 0.05) is 12.6 Å². The number of benzene rings is 1. The first-order valence-corrected chi connectivity index (χ1v) is 6.88. The lowest BCUT2D eigenvalue weighted by Gasteiger charge is -2.34. The van der Waals surface area contributed by atoms with Crippen LogP contribution in [0.2, 0.25) is 0 Å². The standard InChI is InChI=1S/C15H15N3O3/c1-9-2-4-11(8-18(9)15(19)20)14-17-12-6-10(7-16)3-5-13(12)21-14/h3,5-6,9,11H,2,4,8H2,1H3,(H,19,20)/t9-,11-/m1/s1. The second-order valence-electron chi connectivity index (χ2n) is 5.40. The molecule has 0 radical (unpaired) electrons. The molecule has 6 heteroatoms. The van der Waals surface area contributed by atoms with E-state index in [2.05, 4.69) is 11.1 Å². The molecule has 1 saturated heterocycles. The van der Waals surface area contributed by atoms with E-state index in [-0.39, 0.29) is 12.0 Å². The van der Waals surface area contributed by atoms with E-state index in [1.54, 1.807) is 18.2 Å². The van der Waals surface area contributed by atoms with Crippen LogP contribution in [0, 0.1) is 11.3 Å². The first kappa shape index (κ1) is 13.4. The Hall–Kier alpha value is -2.55. The third-order valence-corrected chi connectivity index (χ3v) is 4.01. The van der Waals surface area contributed by atoms with E-state index in [0.29, 0.717) is 29.1 Å². The Morgan fingerprint density at radius 3 is 3.05 bits per heavy atom. The van der Waals surface area contributed by atoms with Crippen LogP contribution in [0.3, 0.4) is 0 Å². The maximum absolute atomic E-state index is 11.2. The third kappa shape index (κ3) is 2.42. The average molecular weight is 285 g/mol. The molecule has 0 saturated carbocycles. The summed E-state index contributed by atoms with van der Waals surface area (Å²) in [6.07, 6.45) is 0.734. The maximum atomic E-state index is 11.2. The lowest BCUT2D eigenvalue weighted by Crippen LogP contribution is -2.44. The molecule has 1 aliphatic heterocycles. The van der Waals surface area contributed by atoms with Gasteiger partial charge in [-0.15, -0.1) is 0 Å². The molecule has 21 heavy (non-hydrogen) atoms. The molecule has 1 aliphatic rings. The lowest BCUT2D eigenvalue weighted by molar-refractivity contribution is 0.102. The smallest absolute Gasteiger partial charge is 0.407 e. The van der Waals surface area contributed by atoms with Crippen LogP contribution in [0.4, 0.5) is 4.79 Å². The number of likely N-dealkylation sites (tertiary alicyclic amines) is 1. The van der Waals surface area contributed by atoms with Gasteiger partial charge in [0.25, 0.3) is 0 Å². The summed E-state index contributed by atoms with van der Waals surface area (Å²) in [7, 11) is 0. The molecule has 6 nitrogen and oxygen atoms in total. The summed E-state index contributed by atoms with van der Waals surface area (Å²) in [6.45, 7) is 2.31. The van der Waals surface area contributed by atoms with Gasteiger partial charge in [0.1, 0.15) is 5.52 Å². The molecular weight excluding hydrogens is 270 g/mol. The Kier molecular flexibility index (Phi) is 3.26. The molecule has 2 heterocycles. The molecule has 1 N–H and O–H groups in total. The number of hydrogen-bond donors (Lipinski definition) is 1. The van der Waals surface area contributed by atoms with Crippen molar-refractivity contribution in [1.82, 2.24) is 9.88 Å². The minimum absolute atomic E-state index is 0.0216. The highest BCUT2D eigenvalue weighted by molar-refractivity contribution is 5.74. The molecule has 2 atom stereocenters. The van der Waals surface area contributed by atoms with Crippen molar-refractivity contribution in [2.24, 2.45) is 0 Å². The van der Waals surface area contributed by atoms with Gasteiger partial charge in [-0.2, -0.15) is 5.26 Å². The molecule has 0 spiro atoms. The van der Waals surface area contributed by atoms with Crippen molar-refractivity contribution >= 4 is 17.2 Å². The van der Waals surface area contributed by atoms with Gasteiger partial charge in [-0.1, -0.05) is 0 Å². The normalized spacial score (nSPS) is 22.2. The van der Waals surface area contributed by atoms with Gasteiger partial charge in [0.2, 0.25) is 0 Å². The minimum Gasteiger partial charge on any atom is -0.465 e. The molecular formula is C15H15N3O3. The summed E-state index contributed by atoms with van der Waals surface area (Å²) in [5.41, 5.74) is 1.81. The van der Waals surface area contributed by atoms with Gasteiger partial charge in [0.15, 0.2) is 11.5 Å². The summed E-state index contributed by atoms with van der Waals surface area (Å²) in [5, 5.41) is 18.1. The first-order valence-electron chi connectivity index (χ1n) is 6.88. The van der Waals surface area contributed by atoms with E-state index >= 15 is 0 Å². The summed E-state index contributed by atoms with van der Waals surface area (Å²) >= 11 is 0. The second kappa shape index (κ2) is 5.09. The Balaban J connectivity index is 1.90. The Morgan fingerprint density at radius 1 is 1.52 bits per heavy atom. The van der Waals surface area contributed by atoms with Gasteiger partial charge >= 0.3 is 6.09 Å². The Labute approximate surface area is 121 Å². The quantitative estimate of drug-likeness (QED) is 0.869. The zero-order valence-corrected chi connectivity index (χ0v) is 11.6. The van der Waals surface area contributed by atoms with E-state index in [0.717, 1.165) is 12.8 Å². The number of piperidine rings is 1. The predicted molar refractivity (Wildman–Crippen MR) is 74.9 cm³/mol. The first-order chi connectivity index (χ1) is 10.1. The van der Waals surface area contributed by atoms with E-state index in [4.69, 9.17) is 9.68 Å². The monoisotopic (exact) mass is 285 g/mol. The number of fused-ring (bicyclic) bond motifs is 1. The fourth-order valence-electron chi connectivity index (χ4n) is 2.76. The molecule has 1 fully saturated rings. The van der Waals surface area contributed by atoms with Crippen molar-refractivity contribution in [3.8, 4) is 6.07 Å². The van der Waals surface area contributed by atoms with Crippen LogP contribution in [-0.2, 0) is 0 Å². The van der Waals surface area contributed by atoms with Crippen LogP contribution < -0.4 is 0 Å². The molecule has 0 unspecified atom stereocenters. The molecule has 1 amide bonds. The number of amides is 1. The number of nitriles is 1. The zero-order valence-electron chi connectivity index (χ0n) is 11.6. The largest absolute Gasteiger partial charge is 0.465 e. The number of carboxylic acid groups (broad SMARTS) is 1. The zero-order chi connectivity index (χ0) is 15.0. The lowest BCUT2D eigenvalue weighted by atomic mass is 9.94. The molecule has 2 aromatic rings. The van der Waals surface area contributed by atoms with Crippen molar-refractivity contribution in [2.75, 3.05) is 6.54 Å². The van der Waals surface area contributed by atoms with E-state index in [1.807, 2.05) is 6.92 Å². The molecule has 0 bridgehead atoms. The molecule has 1 aromatic carbocycles. The highest BCUT2D eigenvalue weighted by Gasteiger charge is 2.32. The van der Waals surface area contributed by atoms with Gasteiger partial charge in [-0.05, 0) is 38.0 Å². The van der Waals surface area contributed by atoms with Crippen molar-refractivity contribution in [1.29, 1.82) is 5.26 Å². The molecule has 3 rings (SSSR count). The van der Waals surface area contributed by atoms with Gasteiger partial charge in [0.05, 0.1) is 17.6 Å². The number of nitrogens with zero attached hydrogens (tertiary/aromatic N) is 3. The summed E-state index contributed by atoms with van der Waals surface area (Å²) < 4.78 is 5.73. The molecule has 1 aromatic heterocycles. The van der Waals surface area contributed by atoms with Gasteiger partial charge in [-0.3, -0.25) is 0 Å². The van der Waals surface area contributed by atoms with Gasteiger partial charge < -0.3 is 14.4 Å². The fraction of sp³-hybridized carbons (Fsp3) is 0.400. The second-order valence-corrected chi connectivity index (χ2v) is 5.40. The van der Waals surface area contributed by atoms with Crippen LogP contribution >= 0.6 is 0 Å². The number of oxazole rings is 1.